The van der Waals surface area contributed by atoms with E-state index in [1.54, 1.807) is 13.1 Å². The van der Waals surface area contributed by atoms with E-state index in [0.717, 1.165) is 12.0 Å². The maximum absolute atomic E-state index is 13.4. The summed E-state index contributed by atoms with van der Waals surface area (Å²) in [5, 5.41) is 10.3. The highest BCUT2D eigenvalue weighted by Gasteiger charge is 2.13. The molecule has 1 aromatic carbocycles. The zero-order valence-electron chi connectivity index (χ0n) is 8.42. The van der Waals surface area contributed by atoms with Crippen LogP contribution in [0.5, 0.6) is 0 Å². The van der Waals surface area contributed by atoms with E-state index in [9.17, 15) is 4.39 Å². The molecule has 14 heavy (non-hydrogen) atoms. The van der Waals surface area contributed by atoms with Crippen molar-refractivity contribution in [3.63, 3.8) is 0 Å². The first-order valence-corrected chi connectivity index (χ1v) is 4.51. The molecule has 78 valence electrons. The number of hydrogen-bond donors (Lipinski definition) is 2. The van der Waals surface area contributed by atoms with Crippen LogP contribution in [-0.2, 0) is 13.0 Å². The highest BCUT2D eigenvalue weighted by Crippen LogP contribution is 2.25. The first kappa shape index (κ1) is 10.9. The molecule has 0 atom stereocenters. The predicted molar refractivity (Wildman–Crippen MR) is 54.3 cm³/mol. The lowest BCUT2D eigenvalue weighted by atomic mass is 10.0. The fraction of sp³-hybridized carbons (Fsp3) is 0.400. The maximum atomic E-state index is 13.4. The van der Waals surface area contributed by atoms with Crippen LogP contribution in [-0.4, -0.2) is 12.2 Å². The van der Waals surface area contributed by atoms with E-state index >= 15 is 0 Å². The fourth-order valence-corrected chi connectivity index (χ4v) is 1.54. The second-order valence-electron chi connectivity index (χ2n) is 3.16. The molecule has 0 aliphatic heterocycles. The van der Waals surface area contributed by atoms with Crippen LogP contribution in [0.25, 0.3) is 0 Å². The van der Waals surface area contributed by atoms with Gasteiger partial charge in [0, 0.05) is 12.6 Å². The molecule has 0 saturated carbocycles. The lowest BCUT2D eigenvalue weighted by Crippen LogP contribution is -2.28. The number of benzene rings is 1. The minimum Gasteiger partial charge on any atom is -0.392 e. The summed E-state index contributed by atoms with van der Waals surface area (Å²) in [6.45, 7) is 1.75. The Bertz CT molecular complexity index is 326. The Labute approximate surface area is 82.9 Å². The van der Waals surface area contributed by atoms with Crippen molar-refractivity contribution in [3.05, 3.63) is 29.1 Å². The molecule has 0 bridgehead atoms. The second kappa shape index (κ2) is 4.39. The van der Waals surface area contributed by atoms with Crippen molar-refractivity contribution < 1.29 is 9.50 Å². The Morgan fingerprint density at radius 2 is 2.14 bits per heavy atom. The number of halogens is 1. The average molecular weight is 198 g/mol. The van der Waals surface area contributed by atoms with Gasteiger partial charge in [-0.05, 0) is 18.1 Å². The van der Waals surface area contributed by atoms with Crippen molar-refractivity contribution in [1.29, 1.82) is 0 Å². The molecule has 0 fully saturated rings. The molecule has 3 nitrogen and oxygen atoms in total. The first-order valence-electron chi connectivity index (χ1n) is 4.51. The van der Waals surface area contributed by atoms with Crippen molar-refractivity contribution in [2.24, 2.45) is 5.84 Å². The summed E-state index contributed by atoms with van der Waals surface area (Å²) in [6.07, 6.45) is 0.747. The van der Waals surface area contributed by atoms with E-state index in [0.29, 0.717) is 5.56 Å². The van der Waals surface area contributed by atoms with Gasteiger partial charge in [-0.25, -0.2) is 10.2 Å². The molecular formula is C10H15FN2O. The minimum absolute atomic E-state index is 0.197. The Morgan fingerprint density at radius 1 is 1.50 bits per heavy atom. The average Bonchev–Trinajstić information content (AvgIpc) is 2.16. The fourth-order valence-electron chi connectivity index (χ4n) is 1.54. The van der Waals surface area contributed by atoms with Crippen LogP contribution < -0.4 is 10.9 Å². The topological polar surface area (TPSA) is 49.5 Å². The third-order valence-electron chi connectivity index (χ3n) is 2.22. The SMILES string of the molecule is CCc1ccc(F)c(N(C)N)c1CO. The van der Waals surface area contributed by atoms with Crippen LogP contribution in [0.15, 0.2) is 12.1 Å². The van der Waals surface area contributed by atoms with Crippen molar-refractivity contribution in [2.75, 3.05) is 12.1 Å². The number of aryl methyl sites for hydroxylation is 1. The summed E-state index contributed by atoms with van der Waals surface area (Å²) >= 11 is 0. The van der Waals surface area contributed by atoms with Crippen LogP contribution in [0, 0.1) is 5.82 Å². The van der Waals surface area contributed by atoms with Crippen molar-refractivity contribution in [2.45, 2.75) is 20.0 Å². The summed E-state index contributed by atoms with van der Waals surface area (Å²) in [5.74, 6) is 5.09. The molecule has 0 spiro atoms. The van der Waals surface area contributed by atoms with Crippen LogP contribution >= 0.6 is 0 Å². The van der Waals surface area contributed by atoms with Crippen LogP contribution in [0.2, 0.25) is 0 Å². The van der Waals surface area contributed by atoms with E-state index in [4.69, 9.17) is 10.9 Å². The van der Waals surface area contributed by atoms with E-state index in [1.165, 1.54) is 11.1 Å². The number of rotatable bonds is 3. The molecule has 0 aromatic heterocycles. The smallest absolute Gasteiger partial charge is 0.148 e. The highest BCUT2D eigenvalue weighted by molar-refractivity contribution is 5.56. The summed E-state index contributed by atoms with van der Waals surface area (Å²) in [4.78, 5) is 0. The first-order chi connectivity index (χ1) is 6.61. The van der Waals surface area contributed by atoms with Gasteiger partial charge in [0.15, 0.2) is 0 Å². The van der Waals surface area contributed by atoms with E-state index < -0.39 is 5.82 Å². The lowest BCUT2D eigenvalue weighted by Gasteiger charge is -2.19. The Morgan fingerprint density at radius 3 is 2.57 bits per heavy atom. The molecular weight excluding hydrogens is 183 g/mol. The number of hydrogen-bond acceptors (Lipinski definition) is 3. The van der Waals surface area contributed by atoms with Gasteiger partial charge in [0.1, 0.15) is 5.82 Å². The molecule has 0 aliphatic carbocycles. The minimum atomic E-state index is -0.406. The maximum Gasteiger partial charge on any atom is 0.148 e. The predicted octanol–water partition coefficient (Wildman–Crippen LogP) is 1.19. The van der Waals surface area contributed by atoms with Crippen LogP contribution in [0.1, 0.15) is 18.1 Å². The molecule has 0 amide bonds. The largest absolute Gasteiger partial charge is 0.392 e. The van der Waals surface area contributed by atoms with Gasteiger partial charge in [-0.3, -0.25) is 0 Å². The molecule has 0 heterocycles. The molecule has 4 heteroatoms. The molecule has 0 unspecified atom stereocenters. The summed E-state index contributed by atoms with van der Waals surface area (Å²) in [7, 11) is 1.55. The van der Waals surface area contributed by atoms with E-state index in [-0.39, 0.29) is 12.3 Å². The van der Waals surface area contributed by atoms with Crippen molar-refractivity contribution in [3.8, 4) is 0 Å². The highest BCUT2D eigenvalue weighted by atomic mass is 19.1. The summed E-state index contributed by atoms with van der Waals surface area (Å²) in [5.41, 5.74) is 1.76. The van der Waals surface area contributed by atoms with Gasteiger partial charge >= 0.3 is 0 Å². The second-order valence-corrected chi connectivity index (χ2v) is 3.16. The van der Waals surface area contributed by atoms with E-state index in [1.807, 2.05) is 6.92 Å². The number of aliphatic hydroxyl groups is 1. The zero-order valence-corrected chi connectivity index (χ0v) is 8.42. The third-order valence-corrected chi connectivity index (χ3v) is 2.22. The van der Waals surface area contributed by atoms with Crippen molar-refractivity contribution in [1.82, 2.24) is 0 Å². The quantitative estimate of drug-likeness (QED) is 0.566. The van der Waals surface area contributed by atoms with Gasteiger partial charge in [-0.2, -0.15) is 0 Å². The third kappa shape index (κ3) is 1.86. The molecule has 0 aliphatic rings. The van der Waals surface area contributed by atoms with Crippen molar-refractivity contribution >= 4 is 5.69 Å². The van der Waals surface area contributed by atoms with Gasteiger partial charge in [0.2, 0.25) is 0 Å². The van der Waals surface area contributed by atoms with Gasteiger partial charge in [0.05, 0.1) is 12.3 Å². The molecule has 3 N–H and O–H groups in total. The molecule has 1 rings (SSSR count). The Hall–Kier alpha value is -1.13. The molecule has 0 saturated heterocycles. The number of aliphatic hydroxyl groups excluding tert-OH is 1. The lowest BCUT2D eigenvalue weighted by molar-refractivity contribution is 0.280. The number of hydrazine groups is 1. The summed E-state index contributed by atoms with van der Waals surface area (Å²) in [6, 6.07) is 3.05. The number of nitrogens with zero attached hydrogens (tertiary/aromatic N) is 1. The van der Waals surface area contributed by atoms with Crippen LogP contribution in [0.3, 0.4) is 0 Å². The number of anilines is 1. The Kier molecular flexibility index (Phi) is 3.43. The molecule has 0 radical (unpaired) electrons. The van der Waals surface area contributed by atoms with Crippen LogP contribution in [0.4, 0.5) is 10.1 Å². The summed E-state index contributed by atoms with van der Waals surface area (Å²) < 4.78 is 13.4. The zero-order chi connectivity index (χ0) is 10.7. The van der Waals surface area contributed by atoms with Gasteiger partial charge in [-0.15, -0.1) is 0 Å². The molecule has 1 aromatic rings. The van der Waals surface area contributed by atoms with Gasteiger partial charge < -0.3 is 10.1 Å². The standard InChI is InChI=1S/C10H15FN2O/c1-3-7-4-5-9(11)10(13(2)12)8(7)6-14/h4-5,14H,3,6,12H2,1-2H3. The normalized spacial score (nSPS) is 10.4. The van der Waals surface area contributed by atoms with Gasteiger partial charge in [0.25, 0.3) is 0 Å². The monoisotopic (exact) mass is 198 g/mol. The van der Waals surface area contributed by atoms with Gasteiger partial charge in [-0.1, -0.05) is 13.0 Å². The number of nitrogens with two attached hydrogens (primary N) is 1. The van der Waals surface area contributed by atoms with E-state index in [2.05, 4.69) is 0 Å². The Balaban J connectivity index is 3.35.